The second-order valence-corrected chi connectivity index (χ2v) is 8.45. The number of nitrogens with zero attached hydrogens (tertiary/aromatic N) is 4. The number of aromatic hydroxyl groups is 1. The topological polar surface area (TPSA) is 117 Å². The molecule has 0 saturated heterocycles. The van der Waals surface area contributed by atoms with Crippen LogP contribution in [0, 0.1) is 0 Å². The van der Waals surface area contributed by atoms with Crippen molar-refractivity contribution in [2.75, 3.05) is 18.4 Å². The molecule has 0 aliphatic heterocycles. The first-order valence-electron chi connectivity index (χ1n) is 9.41. The van der Waals surface area contributed by atoms with Gasteiger partial charge in [-0.1, -0.05) is 26.0 Å². The van der Waals surface area contributed by atoms with Crippen LogP contribution < -0.4 is 5.32 Å². The third kappa shape index (κ3) is 4.66. The third-order valence-electron chi connectivity index (χ3n) is 4.59. The van der Waals surface area contributed by atoms with Gasteiger partial charge in [0.1, 0.15) is 18.4 Å². The van der Waals surface area contributed by atoms with Gasteiger partial charge < -0.3 is 10.4 Å². The minimum atomic E-state index is -3.71. The van der Waals surface area contributed by atoms with Crippen LogP contribution in [-0.2, 0) is 16.6 Å². The summed E-state index contributed by atoms with van der Waals surface area (Å²) in [4.78, 5) is 16.5. The Morgan fingerprint density at radius 1 is 1.13 bits per heavy atom. The lowest BCUT2D eigenvalue weighted by Crippen LogP contribution is -2.30. The Balaban J connectivity index is 1.78. The van der Waals surface area contributed by atoms with Crippen molar-refractivity contribution in [1.82, 2.24) is 19.1 Å². The van der Waals surface area contributed by atoms with Crippen LogP contribution in [0.3, 0.4) is 0 Å². The van der Waals surface area contributed by atoms with Crippen LogP contribution >= 0.6 is 0 Å². The standard InChI is InChI=1S/C20H23N5O4S/c1-3-25(4-2)30(28,29)17-9-10-19(26)18(11-17)23-20(27)16-7-5-15(6-8-16)12-24-14-21-13-22-24/h5-11,13-14,26H,3-4,12H2,1-2H3,(H,23,27). The predicted octanol–water partition coefficient (Wildman–Crippen LogP) is 2.31. The third-order valence-corrected chi connectivity index (χ3v) is 6.63. The lowest BCUT2D eigenvalue weighted by atomic mass is 10.1. The molecule has 1 amide bonds. The first-order chi connectivity index (χ1) is 14.3. The molecule has 0 aliphatic carbocycles. The van der Waals surface area contributed by atoms with Gasteiger partial charge in [0.25, 0.3) is 5.91 Å². The average Bonchev–Trinajstić information content (AvgIpc) is 3.23. The van der Waals surface area contributed by atoms with Crippen molar-refractivity contribution in [3.8, 4) is 5.75 Å². The highest BCUT2D eigenvalue weighted by molar-refractivity contribution is 7.89. The number of hydrogen-bond acceptors (Lipinski definition) is 6. The summed E-state index contributed by atoms with van der Waals surface area (Å²) in [6.07, 6.45) is 3.05. The van der Waals surface area contributed by atoms with Crippen molar-refractivity contribution >= 4 is 21.6 Å². The Kier molecular flexibility index (Phi) is 6.48. The monoisotopic (exact) mass is 429 g/mol. The quantitative estimate of drug-likeness (QED) is 0.531. The van der Waals surface area contributed by atoms with Crippen molar-refractivity contribution in [2.24, 2.45) is 0 Å². The van der Waals surface area contributed by atoms with Crippen molar-refractivity contribution in [1.29, 1.82) is 0 Å². The van der Waals surface area contributed by atoms with Gasteiger partial charge in [0.15, 0.2) is 0 Å². The number of amides is 1. The summed E-state index contributed by atoms with van der Waals surface area (Å²) in [6, 6.07) is 10.7. The number of benzene rings is 2. The Hall–Kier alpha value is -3.24. The van der Waals surface area contributed by atoms with E-state index in [0.717, 1.165) is 5.56 Å². The molecule has 0 fully saturated rings. The zero-order valence-electron chi connectivity index (χ0n) is 16.7. The summed E-state index contributed by atoms with van der Waals surface area (Å²) in [7, 11) is -3.71. The Labute approximate surface area is 175 Å². The number of carbonyl (C=O) groups excluding carboxylic acids is 1. The number of carbonyl (C=O) groups is 1. The largest absolute Gasteiger partial charge is 0.506 e. The van der Waals surface area contributed by atoms with Crippen LogP contribution in [-0.4, -0.2) is 51.6 Å². The zero-order chi connectivity index (χ0) is 21.7. The van der Waals surface area contributed by atoms with Gasteiger partial charge in [-0.2, -0.15) is 9.40 Å². The van der Waals surface area contributed by atoms with Gasteiger partial charge in [-0.05, 0) is 35.9 Å². The number of rotatable bonds is 8. The second-order valence-electron chi connectivity index (χ2n) is 6.51. The van der Waals surface area contributed by atoms with Crippen molar-refractivity contribution in [3.05, 3.63) is 66.2 Å². The molecule has 3 aromatic rings. The molecule has 2 aromatic carbocycles. The summed E-state index contributed by atoms with van der Waals surface area (Å²) in [5, 5.41) is 16.7. The van der Waals surface area contributed by atoms with E-state index in [2.05, 4.69) is 15.4 Å². The first-order valence-corrected chi connectivity index (χ1v) is 10.8. The number of nitrogens with one attached hydrogen (secondary N) is 1. The van der Waals surface area contributed by atoms with E-state index in [4.69, 9.17) is 0 Å². The van der Waals surface area contributed by atoms with Crippen LogP contribution in [0.15, 0.2) is 60.0 Å². The van der Waals surface area contributed by atoms with Crippen LogP contribution in [0.4, 0.5) is 5.69 Å². The van der Waals surface area contributed by atoms with Gasteiger partial charge in [-0.3, -0.25) is 4.79 Å². The highest BCUT2D eigenvalue weighted by Crippen LogP contribution is 2.28. The maximum atomic E-state index is 12.7. The van der Waals surface area contributed by atoms with Gasteiger partial charge in [0, 0.05) is 18.7 Å². The van der Waals surface area contributed by atoms with Crippen LogP contribution in [0.25, 0.3) is 0 Å². The first kappa shape index (κ1) is 21.5. The molecular weight excluding hydrogens is 406 g/mol. The molecule has 1 heterocycles. The number of anilines is 1. The Bertz CT molecular complexity index is 1110. The van der Waals surface area contributed by atoms with Gasteiger partial charge in [0.2, 0.25) is 10.0 Å². The molecule has 0 unspecified atom stereocenters. The van der Waals surface area contributed by atoms with E-state index >= 15 is 0 Å². The molecule has 9 nitrogen and oxygen atoms in total. The van der Waals surface area contributed by atoms with E-state index < -0.39 is 15.9 Å². The molecule has 158 valence electrons. The Morgan fingerprint density at radius 3 is 2.43 bits per heavy atom. The highest BCUT2D eigenvalue weighted by atomic mass is 32.2. The van der Waals surface area contributed by atoms with Crippen molar-refractivity contribution < 1.29 is 18.3 Å². The van der Waals surface area contributed by atoms with E-state index in [0.29, 0.717) is 25.2 Å². The molecule has 10 heteroatoms. The molecule has 1 aromatic heterocycles. The van der Waals surface area contributed by atoms with Crippen LogP contribution in [0.5, 0.6) is 5.75 Å². The summed E-state index contributed by atoms with van der Waals surface area (Å²) in [5.41, 5.74) is 1.33. The van der Waals surface area contributed by atoms with Crippen LogP contribution in [0.2, 0.25) is 0 Å². The lowest BCUT2D eigenvalue weighted by molar-refractivity contribution is 0.102. The minimum absolute atomic E-state index is 0.00230. The van der Waals surface area contributed by atoms with Gasteiger partial charge in [-0.25, -0.2) is 18.1 Å². The maximum absolute atomic E-state index is 12.7. The molecule has 0 radical (unpaired) electrons. The highest BCUT2D eigenvalue weighted by Gasteiger charge is 2.23. The average molecular weight is 430 g/mol. The van der Waals surface area contributed by atoms with E-state index in [1.165, 1.54) is 28.8 Å². The fourth-order valence-corrected chi connectivity index (χ4v) is 4.43. The zero-order valence-corrected chi connectivity index (χ0v) is 17.5. The van der Waals surface area contributed by atoms with E-state index in [-0.39, 0.29) is 16.3 Å². The minimum Gasteiger partial charge on any atom is -0.506 e. The summed E-state index contributed by atoms with van der Waals surface area (Å²) < 4.78 is 28.4. The number of phenolic OH excluding ortho intramolecular Hbond substituents is 1. The van der Waals surface area contributed by atoms with E-state index in [9.17, 15) is 18.3 Å². The summed E-state index contributed by atoms with van der Waals surface area (Å²) >= 11 is 0. The molecule has 3 rings (SSSR count). The SMILES string of the molecule is CCN(CC)S(=O)(=O)c1ccc(O)c(NC(=O)c2ccc(Cn3cncn3)cc2)c1. The molecule has 30 heavy (non-hydrogen) atoms. The summed E-state index contributed by atoms with van der Waals surface area (Å²) in [6.45, 7) is 4.66. The summed E-state index contributed by atoms with van der Waals surface area (Å²) in [5.74, 6) is -0.681. The molecular formula is C20H23N5O4S. The normalized spacial score (nSPS) is 11.6. The van der Waals surface area contributed by atoms with Gasteiger partial charge >= 0.3 is 0 Å². The predicted molar refractivity (Wildman–Crippen MR) is 112 cm³/mol. The number of hydrogen-bond donors (Lipinski definition) is 2. The number of aromatic nitrogens is 3. The number of sulfonamides is 1. The van der Waals surface area contributed by atoms with Gasteiger partial charge in [-0.15, -0.1) is 0 Å². The smallest absolute Gasteiger partial charge is 0.255 e. The molecule has 2 N–H and O–H groups in total. The van der Waals surface area contributed by atoms with Crippen LogP contribution in [0.1, 0.15) is 29.8 Å². The van der Waals surface area contributed by atoms with E-state index in [1.807, 2.05) is 0 Å². The maximum Gasteiger partial charge on any atom is 0.255 e. The molecule has 0 aliphatic rings. The molecule has 0 atom stereocenters. The van der Waals surface area contributed by atoms with Crippen molar-refractivity contribution in [2.45, 2.75) is 25.3 Å². The Morgan fingerprint density at radius 2 is 1.83 bits per heavy atom. The van der Waals surface area contributed by atoms with E-state index in [1.54, 1.807) is 49.1 Å². The second kappa shape index (κ2) is 9.06. The molecule has 0 saturated carbocycles. The van der Waals surface area contributed by atoms with Gasteiger partial charge in [0.05, 0.1) is 17.1 Å². The lowest BCUT2D eigenvalue weighted by Gasteiger charge is -2.19. The fraction of sp³-hybridized carbons (Fsp3) is 0.250. The number of phenols is 1. The molecule has 0 bridgehead atoms. The fourth-order valence-electron chi connectivity index (χ4n) is 2.95. The van der Waals surface area contributed by atoms with Crippen molar-refractivity contribution in [3.63, 3.8) is 0 Å². The molecule has 0 spiro atoms.